The van der Waals surface area contributed by atoms with Gasteiger partial charge in [0, 0.05) is 6.08 Å². The van der Waals surface area contributed by atoms with Gasteiger partial charge >= 0.3 is 5.97 Å². The number of benzene rings is 1. The second kappa shape index (κ2) is 5.35. The van der Waals surface area contributed by atoms with Crippen LogP contribution in [0.2, 0.25) is 0 Å². The van der Waals surface area contributed by atoms with Crippen molar-refractivity contribution >= 4 is 12.0 Å². The van der Waals surface area contributed by atoms with Gasteiger partial charge in [-0.3, -0.25) is 0 Å². The lowest BCUT2D eigenvalue weighted by Crippen LogP contribution is -1.91. The van der Waals surface area contributed by atoms with E-state index in [9.17, 15) is 4.79 Å². The summed E-state index contributed by atoms with van der Waals surface area (Å²) in [5, 5.41) is 8.56. The zero-order valence-corrected chi connectivity index (χ0v) is 9.16. The molecule has 1 aromatic rings. The minimum Gasteiger partial charge on any atom is -0.478 e. The van der Waals surface area contributed by atoms with Crippen molar-refractivity contribution in [1.82, 2.24) is 0 Å². The van der Waals surface area contributed by atoms with Gasteiger partial charge in [0.25, 0.3) is 0 Å². The summed E-state index contributed by atoms with van der Waals surface area (Å²) in [6.07, 6.45) is 4.90. The van der Waals surface area contributed by atoms with E-state index in [4.69, 9.17) is 5.11 Å². The van der Waals surface area contributed by atoms with Gasteiger partial charge in [0.15, 0.2) is 0 Å². The monoisotopic (exact) mass is 204 g/mol. The lowest BCUT2D eigenvalue weighted by molar-refractivity contribution is -0.131. The van der Waals surface area contributed by atoms with Crippen molar-refractivity contribution in [3.05, 3.63) is 41.0 Å². The third-order valence-electron chi connectivity index (χ3n) is 2.22. The highest BCUT2D eigenvalue weighted by Gasteiger charge is 1.99. The van der Waals surface area contributed by atoms with Crippen molar-refractivity contribution in [3.8, 4) is 0 Å². The molecule has 0 fully saturated rings. The topological polar surface area (TPSA) is 37.3 Å². The van der Waals surface area contributed by atoms with Crippen molar-refractivity contribution in [2.45, 2.75) is 26.7 Å². The molecule has 0 atom stereocenters. The Morgan fingerprint density at radius 1 is 1.47 bits per heavy atom. The Kier molecular flexibility index (Phi) is 4.10. The average molecular weight is 204 g/mol. The molecule has 15 heavy (non-hydrogen) atoms. The fourth-order valence-electron chi connectivity index (χ4n) is 1.54. The number of carboxylic acid groups (broad SMARTS) is 1. The number of carboxylic acids is 1. The molecule has 1 rings (SSSR count). The van der Waals surface area contributed by atoms with Gasteiger partial charge in [-0.25, -0.2) is 4.79 Å². The first-order chi connectivity index (χ1) is 7.13. The Bertz CT molecular complexity index is 378. The van der Waals surface area contributed by atoms with Crippen LogP contribution in [0.5, 0.6) is 0 Å². The van der Waals surface area contributed by atoms with Gasteiger partial charge in [0.05, 0.1) is 0 Å². The molecule has 2 heteroatoms. The first-order valence-electron chi connectivity index (χ1n) is 5.14. The van der Waals surface area contributed by atoms with Crippen LogP contribution < -0.4 is 0 Å². The molecule has 0 unspecified atom stereocenters. The molecule has 0 saturated carbocycles. The first kappa shape index (κ1) is 11.5. The van der Waals surface area contributed by atoms with E-state index in [0.717, 1.165) is 18.4 Å². The predicted molar refractivity (Wildman–Crippen MR) is 61.8 cm³/mol. The smallest absolute Gasteiger partial charge is 0.328 e. The van der Waals surface area contributed by atoms with E-state index < -0.39 is 5.97 Å². The number of aryl methyl sites for hydroxylation is 2. The van der Waals surface area contributed by atoms with Crippen molar-refractivity contribution in [2.24, 2.45) is 0 Å². The summed E-state index contributed by atoms with van der Waals surface area (Å²) in [7, 11) is 0. The van der Waals surface area contributed by atoms with E-state index in [1.807, 2.05) is 19.1 Å². The number of hydrogen-bond donors (Lipinski definition) is 1. The molecular weight excluding hydrogens is 188 g/mol. The van der Waals surface area contributed by atoms with Crippen LogP contribution in [0.25, 0.3) is 6.08 Å². The quantitative estimate of drug-likeness (QED) is 0.765. The minimum atomic E-state index is -0.905. The van der Waals surface area contributed by atoms with E-state index in [2.05, 4.69) is 13.0 Å². The van der Waals surface area contributed by atoms with Crippen LogP contribution in [0.1, 0.15) is 30.0 Å². The molecule has 0 amide bonds. The molecular formula is C13H16O2. The Morgan fingerprint density at radius 2 is 2.20 bits per heavy atom. The molecule has 0 aliphatic heterocycles. The molecule has 0 radical (unpaired) electrons. The van der Waals surface area contributed by atoms with Crippen LogP contribution in [-0.4, -0.2) is 11.1 Å². The summed E-state index contributed by atoms with van der Waals surface area (Å²) >= 11 is 0. The maximum absolute atomic E-state index is 10.4. The summed E-state index contributed by atoms with van der Waals surface area (Å²) in [5.74, 6) is -0.905. The average Bonchev–Trinajstić information content (AvgIpc) is 2.17. The molecule has 0 aromatic heterocycles. The summed E-state index contributed by atoms with van der Waals surface area (Å²) < 4.78 is 0. The molecule has 0 spiro atoms. The van der Waals surface area contributed by atoms with E-state index >= 15 is 0 Å². The highest BCUT2D eigenvalue weighted by atomic mass is 16.4. The van der Waals surface area contributed by atoms with Crippen LogP contribution in [0.3, 0.4) is 0 Å². The minimum absolute atomic E-state index is 0.905. The number of aliphatic carboxylic acids is 1. The molecule has 0 bridgehead atoms. The molecule has 1 N–H and O–H groups in total. The van der Waals surface area contributed by atoms with E-state index in [1.54, 1.807) is 6.08 Å². The lowest BCUT2D eigenvalue weighted by Gasteiger charge is -2.05. The zero-order chi connectivity index (χ0) is 11.3. The third-order valence-corrected chi connectivity index (χ3v) is 2.22. The van der Waals surface area contributed by atoms with Crippen LogP contribution >= 0.6 is 0 Å². The van der Waals surface area contributed by atoms with Crippen molar-refractivity contribution in [1.29, 1.82) is 0 Å². The molecule has 0 heterocycles. The number of rotatable bonds is 4. The summed E-state index contributed by atoms with van der Waals surface area (Å²) in [6.45, 7) is 4.16. The van der Waals surface area contributed by atoms with Crippen molar-refractivity contribution < 1.29 is 9.90 Å². The molecule has 1 aromatic carbocycles. The van der Waals surface area contributed by atoms with Gasteiger partial charge in [-0.15, -0.1) is 0 Å². The van der Waals surface area contributed by atoms with Gasteiger partial charge in [0.2, 0.25) is 0 Å². The van der Waals surface area contributed by atoms with Crippen LogP contribution in [-0.2, 0) is 11.2 Å². The molecule has 2 nitrogen and oxygen atoms in total. The Balaban J connectivity index is 3.00. The maximum Gasteiger partial charge on any atom is 0.328 e. The van der Waals surface area contributed by atoms with Crippen LogP contribution in [0.15, 0.2) is 24.3 Å². The van der Waals surface area contributed by atoms with Crippen LogP contribution in [0.4, 0.5) is 0 Å². The SMILES string of the molecule is CCCc1cc(C)ccc1/C=C/C(=O)O. The van der Waals surface area contributed by atoms with E-state index in [1.165, 1.54) is 17.2 Å². The van der Waals surface area contributed by atoms with Gasteiger partial charge in [-0.1, -0.05) is 37.1 Å². The van der Waals surface area contributed by atoms with Gasteiger partial charge in [-0.05, 0) is 30.5 Å². The van der Waals surface area contributed by atoms with Gasteiger partial charge in [-0.2, -0.15) is 0 Å². The fraction of sp³-hybridized carbons (Fsp3) is 0.308. The summed E-state index contributed by atoms with van der Waals surface area (Å²) in [5.41, 5.74) is 3.44. The number of hydrogen-bond acceptors (Lipinski definition) is 1. The Hall–Kier alpha value is -1.57. The Morgan fingerprint density at radius 3 is 2.80 bits per heavy atom. The van der Waals surface area contributed by atoms with E-state index in [0.29, 0.717) is 0 Å². The highest BCUT2D eigenvalue weighted by molar-refractivity contribution is 5.85. The largest absolute Gasteiger partial charge is 0.478 e. The van der Waals surface area contributed by atoms with Crippen molar-refractivity contribution in [2.75, 3.05) is 0 Å². The molecule has 0 saturated heterocycles. The molecule has 80 valence electrons. The summed E-state index contributed by atoms with van der Waals surface area (Å²) in [6, 6.07) is 6.09. The lowest BCUT2D eigenvalue weighted by atomic mass is 10.0. The van der Waals surface area contributed by atoms with Crippen LogP contribution in [0, 0.1) is 6.92 Å². The maximum atomic E-state index is 10.4. The summed E-state index contributed by atoms with van der Waals surface area (Å²) in [4.78, 5) is 10.4. The standard InChI is InChI=1S/C13H16O2/c1-3-4-12-9-10(2)5-6-11(12)7-8-13(14)15/h5-9H,3-4H2,1-2H3,(H,14,15)/b8-7+. The van der Waals surface area contributed by atoms with Gasteiger partial charge in [0.1, 0.15) is 0 Å². The zero-order valence-electron chi connectivity index (χ0n) is 9.16. The Labute approximate surface area is 90.3 Å². The van der Waals surface area contributed by atoms with E-state index in [-0.39, 0.29) is 0 Å². The third kappa shape index (κ3) is 3.58. The molecule has 0 aliphatic carbocycles. The van der Waals surface area contributed by atoms with Gasteiger partial charge < -0.3 is 5.11 Å². The second-order valence-electron chi connectivity index (χ2n) is 3.62. The molecule has 0 aliphatic rings. The second-order valence-corrected chi connectivity index (χ2v) is 3.62. The normalized spacial score (nSPS) is 10.8. The van der Waals surface area contributed by atoms with Crippen molar-refractivity contribution in [3.63, 3.8) is 0 Å². The number of carbonyl (C=O) groups is 1. The predicted octanol–water partition coefficient (Wildman–Crippen LogP) is 3.05. The highest BCUT2D eigenvalue weighted by Crippen LogP contribution is 2.15. The fourth-order valence-corrected chi connectivity index (χ4v) is 1.54. The first-order valence-corrected chi connectivity index (χ1v) is 5.14.